The lowest BCUT2D eigenvalue weighted by atomic mass is 9.83. The van der Waals surface area contributed by atoms with Crippen LogP contribution in [0.1, 0.15) is 18.0 Å². The van der Waals surface area contributed by atoms with E-state index < -0.39 is 0 Å². The molecule has 0 spiro atoms. The maximum atomic E-state index is 12.2. The normalized spacial score (nSPS) is 23.8. The second-order valence-corrected chi connectivity index (χ2v) is 8.55. The predicted molar refractivity (Wildman–Crippen MR) is 114 cm³/mol. The number of anilines is 2. The molecule has 2 saturated heterocycles. The van der Waals surface area contributed by atoms with Gasteiger partial charge < -0.3 is 19.5 Å². The van der Waals surface area contributed by atoms with Gasteiger partial charge in [-0.05, 0) is 30.0 Å². The minimum Gasteiger partial charge on any atom is -0.379 e. The second kappa shape index (κ2) is 8.49. The average Bonchev–Trinajstić information content (AvgIpc) is 2.75. The number of nitrogens with one attached hydrogen (secondary N) is 1. The van der Waals surface area contributed by atoms with Gasteiger partial charge in [0.15, 0.2) is 0 Å². The maximum absolute atomic E-state index is 12.2. The van der Waals surface area contributed by atoms with Crippen LogP contribution in [0.25, 0.3) is 0 Å². The highest BCUT2D eigenvalue weighted by Crippen LogP contribution is 2.36. The van der Waals surface area contributed by atoms with Crippen molar-refractivity contribution >= 4 is 23.5 Å². The van der Waals surface area contributed by atoms with Gasteiger partial charge in [0.25, 0.3) is 5.56 Å². The molecule has 5 rings (SSSR count). The van der Waals surface area contributed by atoms with Gasteiger partial charge in [-0.3, -0.25) is 9.69 Å². The number of pyridine rings is 1. The molecular weight excluding hydrogens is 406 g/mol. The van der Waals surface area contributed by atoms with Gasteiger partial charge in [0, 0.05) is 63.5 Å². The molecule has 0 unspecified atom stereocenters. The zero-order valence-corrected chi connectivity index (χ0v) is 17.6. The van der Waals surface area contributed by atoms with Crippen LogP contribution in [0.3, 0.4) is 0 Å². The van der Waals surface area contributed by atoms with E-state index in [2.05, 4.69) is 36.1 Å². The first-order valence-corrected chi connectivity index (χ1v) is 10.9. The molecular formula is C20H26ClN7O2. The third kappa shape index (κ3) is 4.14. The van der Waals surface area contributed by atoms with Gasteiger partial charge >= 0.3 is 0 Å². The van der Waals surface area contributed by atoms with Gasteiger partial charge in [-0.15, -0.1) is 0 Å². The van der Waals surface area contributed by atoms with Crippen molar-refractivity contribution in [3.63, 3.8) is 0 Å². The highest BCUT2D eigenvalue weighted by Gasteiger charge is 2.35. The third-order valence-corrected chi connectivity index (χ3v) is 6.34. The highest BCUT2D eigenvalue weighted by atomic mass is 35.5. The van der Waals surface area contributed by atoms with Gasteiger partial charge in [-0.25, -0.2) is 0 Å². The van der Waals surface area contributed by atoms with Gasteiger partial charge in [0.1, 0.15) is 0 Å². The molecule has 3 aliphatic rings. The lowest BCUT2D eigenvalue weighted by Gasteiger charge is -2.42. The summed E-state index contributed by atoms with van der Waals surface area (Å²) >= 11 is 6.22. The quantitative estimate of drug-likeness (QED) is 0.751. The molecule has 2 aromatic heterocycles. The Kier molecular flexibility index (Phi) is 5.58. The van der Waals surface area contributed by atoms with Gasteiger partial charge in [-0.1, -0.05) is 6.07 Å². The van der Waals surface area contributed by atoms with E-state index in [0.29, 0.717) is 23.7 Å². The summed E-state index contributed by atoms with van der Waals surface area (Å²) in [4.78, 5) is 30.0. The summed E-state index contributed by atoms with van der Waals surface area (Å²) in [5, 5.41) is 3.48. The summed E-state index contributed by atoms with van der Waals surface area (Å²) in [7, 11) is 0. The van der Waals surface area contributed by atoms with E-state index in [1.54, 1.807) is 6.07 Å². The fourth-order valence-electron chi connectivity index (χ4n) is 4.77. The average molecular weight is 432 g/mol. The molecule has 2 atom stereocenters. The largest absolute Gasteiger partial charge is 0.379 e. The van der Waals surface area contributed by atoms with E-state index in [-0.39, 0.29) is 10.8 Å². The van der Waals surface area contributed by atoms with Gasteiger partial charge in [0.2, 0.25) is 17.2 Å². The molecule has 0 saturated carbocycles. The Hall–Kier alpha value is -2.23. The summed E-state index contributed by atoms with van der Waals surface area (Å²) in [6.45, 7) is 7.44. The van der Waals surface area contributed by atoms with Gasteiger partial charge in [0.05, 0.1) is 13.2 Å². The van der Waals surface area contributed by atoms with Crippen LogP contribution in [-0.2, 0) is 11.3 Å². The van der Waals surface area contributed by atoms with Crippen LogP contribution in [-0.4, -0.2) is 76.9 Å². The number of nitrogens with zero attached hydrogens (tertiary/aromatic N) is 6. The van der Waals surface area contributed by atoms with Crippen molar-refractivity contribution in [2.45, 2.75) is 18.9 Å². The van der Waals surface area contributed by atoms with E-state index >= 15 is 0 Å². The lowest BCUT2D eigenvalue weighted by Crippen LogP contribution is -2.47. The fraction of sp³-hybridized carbons (Fsp3) is 0.600. The Morgan fingerprint density at radius 1 is 1.13 bits per heavy atom. The Labute approximate surface area is 180 Å². The lowest BCUT2D eigenvalue weighted by molar-refractivity contribution is 0.0398. The predicted octanol–water partition coefficient (Wildman–Crippen LogP) is 1.05. The van der Waals surface area contributed by atoms with E-state index in [0.717, 1.165) is 71.1 Å². The first-order valence-electron chi connectivity index (χ1n) is 10.6. The fourth-order valence-corrected chi connectivity index (χ4v) is 4.93. The molecule has 160 valence electrons. The SMILES string of the molecule is O=c1cccc2n1C[C@H]1C[C@H]2CN(c2nc(Cl)nc(NCCN3CCOCC3)n2)C1. The molecule has 5 heterocycles. The Morgan fingerprint density at radius 3 is 2.87 bits per heavy atom. The Bertz CT molecular complexity index is 962. The van der Waals surface area contributed by atoms with Crippen molar-refractivity contribution in [3.8, 4) is 0 Å². The Balaban J connectivity index is 1.28. The third-order valence-electron chi connectivity index (χ3n) is 6.17. The van der Waals surface area contributed by atoms with Crippen molar-refractivity contribution in [2.75, 3.05) is 62.7 Å². The summed E-state index contributed by atoms with van der Waals surface area (Å²) in [6.07, 6.45) is 1.09. The molecule has 0 amide bonds. The van der Waals surface area contributed by atoms with Crippen molar-refractivity contribution in [2.24, 2.45) is 5.92 Å². The summed E-state index contributed by atoms with van der Waals surface area (Å²) in [5.74, 6) is 1.79. The molecule has 9 nitrogen and oxygen atoms in total. The molecule has 2 bridgehead atoms. The smallest absolute Gasteiger partial charge is 0.250 e. The van der Waals surface area contributed by atoms with Crippen molar-refractivity contribution in [1.82, 2.24) is 24.4 Å². The highest BCUT2D eigenvalue weighted by molar-refractivity contribution is 6.28. The molecule has 10 heteroatoms. The van der Waals surface area contributed by atoms with Crippen LogP contribution in [0.4, 0.5) is 11.9 Å². The van der Waals surface area contributed by atoms with Gasteiger partial charge in [-0.2, -0.15) is 15.0 Å². The van der Waals surface area contributed by atoms with Crippen LogP contribution >= 0.6 is 11.6 Å². The number of halogens is 1. The monoisotopic (exact) mass is 431 g/mol. The van der Waals surface area contributed by atoms with Crippen LogP contribution in [0.2, 0.25) is 5.28 Å². The van der Waals surface area contributed by atoms with Crippen LogP contribution in [0, 0.1) is 5.92 Å². The number of fused-ring (bicyclic) bond motifs is 4. The number of piperidine rings is 1. The molecule has 3 aliphatic heterocycles. The topological polar surface area (TPSA) is 88.4 Å². The molecule has 30 heavy (non-hydrogen) atoms. The summed E-state index contributed by atoms with van der Waals surface area (Å²) in [5.41, 5.74) is 1.19. The minimum absolute atomic E-state index is 0.0885. The summed E-state index contributed by atoms with van der Waals surface area (Å²) < 4.78 is 7.31. The minimum atomic E-state index is 0.0885. The second-order valence-electron chi connectivity index (χ2n) is 8.21. The number of morpholine rings is 1. The summed E-state index contributed by atoms with van der Waals surface area (Å²) in [6, 6.07) is 5.55. The number of ether oxygens (including phenoxy) is 1. The molecule has 0 aliphatic carbocycles. The molecule has 1 N–H and O–H groups in total. The number of hydrogen-bond acceptors (Lipinski definition) is 8. The van der Waals surface area contributed by atoms with E-state index in [1.807, 2.05) is 10.6 Å². The number of hydrogen-bond donors (Lipinski definition) is 1. The van der Waals surface area contributed by atoms with E-state index in [1.165, 1.54) is 0 Å². The Morgan fingerprint density at radius 2 is 2.00 bits per heavy atom. The van der Waals surface area contributed by atoms with Crippen molar-refractivity contribution in [1.29, 1.82) is 0 Å². The van der Waals surface area contributed by atoms with E-state index in [4.69, 9.17) is 16.3 Å². The number of rotatable bonds is 5. The maximum Gasteiger partial charge on any atom is 0.250 e. The van der Waals surface area contributed by atoms with Crippen LogP contribution in [0.15, 0.2) is 23.0 Å². The van der Waals surface area contributed by atoms with Crippen molar-refractivity contribution < 1.29 is 4.74 Å². The molecule has 2 fully saturated rings. The molecule has 2 aromatic rings. The molecule has 0 radical (unpaired) electrons. The van der Waals surface area contributed by atoms with Crippen LogP contribution < -0.4 is 15.8 Å². The first-order chi connectivity index (χ1) is 14.7. The zero-order valence-electron chi connectivity index (χ0n) is 16.8. The van der Waals surface area contributed by atoms with E-state index in [9.17, 15) is 4.79 Å². The standard InChI is InChI=1S/C20H26ClN7O2/c21-18-23-19(22-4-5-26-6-8-30-9-7-26)25-20(24-18)27-11-14-10-15(13-27)16-2-1-3-17(29)28(16)12-14/h1-3,14-15H,4-13H2,(H,22,23,24,25)/t14-,15-/m0/s1. The first kappa shape index (κ1) is 19.7. The van der Waals surface area contributed by atoms with Crippen LogP contribution in [0.5, 0.6) is 0 Å². The zero-order chi connectivity index (χ0) is 20.5. The number of aromatic nitrogens is 4. The molecule has 0 aromatic carbocycles. The van der Waals surface area contributed by atoms with Crippen molar-refractivity contribution in [3.05, 3.63) is 39.5 Å².